The third kappa shape index (κ3) is 3.56. The Balaban J connectivity index is 1.91. The molecule has 27 heavy (non-hydrogen) atoms. The number of oxazole rings is 1. The maximum atomic E-state index is 12.7. The zero-order valence-electron chi connectivity index (χ0n) is 15.3. The Morgan fingerprint density at radius 2 is 1.78 bits per heavy atom. The Morgan fingerprint density at radius 1 is 1.07 bits per heavy atom. The van der Waals surface area contributed by atoms with Crippen molar-refractivity contribution in [1.29, 1.82) is 0 Å². The van der Waals surface area contributed by atoms with Crippen molar-refractivity contribution in [2.45, 2.75) is 17.9 Å². The molecule has 8 nitrogen and oxygen atoms in total. The number of methoxy groups -OCH3 is 2. The lowest BCUT2D eigenvalue weighted by molar-refractivity contribution is 0.354. The lowest BCUT2D eigenvalue weighted by Gasteiger charge is -2.16. The highest BCUT2D eigenvalue weighted by atomic mass is 32.2. The molecule has 3 aromatic rings. The van der Waals surface area contributed by atoms with E-state index in [1.807, 2.05) is 0 Å². The van der Waals surface area contributed by atoms with Crippen LogP contribution in [-0.4, -0.2) is 27.2 Å². The van der Waals surface area contributed by atoms with Crippen LogP contribution in [0.5, 0.6) is 11.5 Å². The summed E-state index contributed by atoms with van der Waals surface area (Å²) in [6.45, 7) is 1.72. The first-order chi connectivity index (χ1) is 12.8. The summed E-state index contributed by atoms with van der Waals surface area (Å²) in [5.74, 6) is 0.514. The molecule has 0 amide bonds. The fourth-order valence-electron chi connectivity index (χ4n) is 2.77. The predicted molar refractivity (Wildman–Crippen MR) is 99.7 cm³/mol. The van der Waals surface area contributed by atoms with Gasteiger partial charge in [0.25, 0.3) is 0 Å². The molecule has 0 aliphatic carbocycles. The van der Waals surface area contributed by atoms with Gasteiger partial charge in [0, 0.05) is 19.2 Å². The molecule has 0 saturated heterocycles. The summed E-state index contributed by atoms with van der Waals surface area (Å²) in [4.78, 5) is 11.6. The summed E-state index contributed by atoms with van der Waals surface area (Å²) >= 11 is 0. The van der Waals surface area contributed by atoms with E-state index in [4.69, 9.17) is 13.9 Å². The van der Waals surface area contributed by atoms with Crippen LogP contribution < -0.4 is 20.0 Å². The highest BCUT2D eigenvalue weighted by Gasteiger charge is 2.21. The molecule has 1 N–H and O–H groups in total. The highest BCUT2D eigenvalue weighted by Crippen LogP contribution is 2.30. The van der Waals surface area contributed by atoms with Crippen LogP contribution in [0, 0.1) is 0 Å². The summed E-state index contributed by atoms with van der Waals surface area (Å²) in [6, 6.07) is 8.97. The zero-order chi connectivity index (χ0) is 19.8. The van der Waals surface area contributed by atoms with Crippen LogP contribution in [0.4, 0.5) is 0 Å². The van der Waals surface area contributed by atoms with E-state index in [0.717, 1.165) is 0 Å². The average Bonchev–Trinajstić information content (AvgIpc) is 2.94. The molecule has 0 spiro atoms. The molecule has 3 rings (SSSR count). The Bertz CT molecular complexity index is 1150. The summed E-state index contributed by atoms with van der Waals surface area (Å²) in [5, 5.41) is 0. The summed E-state index contributed by atoms with van der Waals surface area (Å²) in [5.41, 5.74) is 1.44. The van der Waals surface area contributed by atoms with E-state index in [-0.39, 0.29) is 10.5 Å². The number of nitrogens with one attached hydrogen (secondary N) is 1. The Morgan fingerprint density at radius 3 is 2.44 bits per heavy atom. The normalized spacial score (nSPS) is 12.9. The molecular weight excluding hydrogens is 372 g/mol. The Labute approximate surface area is 156 Å². The van der Waals surface area contributed by atoms with Gasteiger partial charge >= 0.3 is 5.76 Å². The van der Waals surface area contributed by atoms with Crippen LogP contribution in [0.15, 0.2) is 50.5 Å². The van der Waals surface area contributed by atoms with Crippen molar-refractivity contribution in [2.24, 2.45) is 7.05 Å². The maximum Gasteiger partial charge on any atom is 0.419 e. The number of aryl methyl sites for hydroxylation is 1. The topological polar surface area (TPSA) is 99.8 Å². The number of ether oxygens (including phenoxy) is 2. The molecule has 0 fully saturated rings. The second kappa shape index (κ2) is 7.09. The molecule has 0 radical (unpaired) electrons. The van der Waals surface area contributed by atoms with Gasteiger partial charge < -0.3 is 13.9 Å². The maximum absolute atomic E-state index is 12.7. The van der Waals surface area contributed by atoms with E-state index in [0.29, 0.717) is 22.6 Å². The van der Waals surface area contributed by atoms with Gasteiger partial charge in [0.05, 0.1) is 24.6 Å². The third-order valence-electron chi connectivity index (χ3n) is 4.31. The average molecular weight is 392 g/mol. The molecule has 0 saturated carbocycles. The summed E-state index contributed by atoms with van der Waals surface area (Å²) in [7, 11) is 0.767. The van der Waals surface area contributed by atoms with Crippen molar-refractivity contribution in [1.82, 2.24) is 9.29 Å². The molecule has 0 aliphatic rings. The van der Waals surface area contributed by atoms with E-state index in [1.165, 1.54) is 37.0 Å². The summed E-state index contributed by atoms with van der Waals surface area (Å²) < 4.78 is 44.9. The minimum absolute atomic E-state index is 0.0108. The fourth-order valence-corrected chi connectivity index (χ4v) is 4.02. The minimum atomic E-state index is -3.83. The quantitative estimate of drug-likeness (QED) is 0.690. The van der Waals surface area contributed by atoms with Crippen molar-refractivity contribution in [2.75, 3.05) is 14.2 Å². The number of nitrogens with zero attached hydrogens (tertiary/aromatic N) is 1. The lowest BCUT2D eigenvalue weighted by atomic mass is 10.1. The molecule has 0 aliphatic heterocycles. The number of hydrogen-bond acceptors (Lipinski definition) is 6. The van der Waals surface area contributed by atoms with Gasteiger partial charge in [-0.2, -0.15) is 0 Å². The second-order valence-corrected chi connectivity index (χ2v) is 7.73. The van der Waals surface area contributed by atoms with Crippen molar-refractivity contribution in [3.05, 3.63) is 52.5 Å². The van der Waals surface area contributed by atoms with Crippen LogP contribution in [0.1, 0.15) is 18.5 Å². The van der Waals surface area contributed by atoms with Gasteiger partial charge in [0.1, 0.15) is 0 Å². The van der Waals surface area contributed by atoms with Crippen molar-refractivity contribution in [3.8, 4) is 11.5 Å². The van der Waals surface area contributed by atoms with Gasteiger partial charge in [-0.05, 0) is 36.8 Å². The third-order valence-corrected chi connectivity index (χ3v) is 5.85. The SMILES string of the molecule is COc1ccc([C@@H](C)NS(=O)(=O)c2ccc3c(c2)oc(=O)n3C)cc1OC. The first-order valence-electron chi connectivity index (χ1n) is 8.10. The highest BCUT2D eigenvalue weighted by molar-refractivity contribution is 7.89. The number of sulfonamides is 1. The lowest BCUT2D eigenvalue weighted by Crippen LogP contribution is -2.26. The van der Waals surface area contributed by atoms with Crippen LogP contribution in [0.3, 0.4) is 0 Å². The largest absolute Gasteiger partial charge is 0.493 e. The van der Waals surface area contributed by atoms with Gasteiger partial charge in [0.15, 0.2) is 17.1 Å². The van der Waals surface area contributed by atoms with Crippen LogP contribution in [0.25, 0.3) is 11.1 Å². The van der Waals surface area contributed by atoms with Crippen LogP contribution in [0.2, 0.25) is 0 Å². The van der Waals surface area contributed by atoms with Crippen molar-refractivity contribution in [3.63, 3.8) is 0 Å². The number of fused-ring (bicyclic) bond motifs is 1. The molecule has 0 unspecified atom stereocenters. The van der Waals surface area contributed by atoms with E-state index in [1.54, 1.807) is 32.2 Å². The van der Waals surface area contributed by atoms with E-state index in [9.17, 15) is 13.2 Å². The van der Waals surface area contributed by atoms with Crippen LogP contribution >= 0.6 is 0 Å². The number of aromatic nitrogens is 1. The molecule has 9 heteroatoms. The molecule has 1 atom stereocenters. The van der Waals surface area contributed by atoms with Gasteiger partial charge in [-0.25, -0.2) is 17.9 Å². The molecule has 2 aromatic carbocycles. The zero-order valence-corrected chi connectivity index (χ0v) is 16.2. The van der Waals surface area contributed by atoms with E-state index in [2.05, 4.69) is 4.72 Å². The molecule has 144 valence electrons. The van der Waals surface area contributed by atoms with Crippen molar-refractivity contribution >= 4 is 21.1 Å². The molecular formula is C18H20N2O6S. The first-order valence-corrected chi connectivity index (χ1v) is 9.59. The van der Waals surface area contributed by atoms with Gasteiger partial charge in [0.2, 0.25) is 10.0 Å². The molecule has 1 aromatic heterocycles. The number of benzene rings is 2. The van der Waals surface area contributed by atoms with Crippen LogP contribution in [-0.2, 0) is 17.1 Å². The number of hydrogen-bond donors (Lipinski definition) is 1. The summed E-state index contributed by atoms with van der Waals surface area (Å²) in [6.07, 6.45) is 0. The van der Waals surface area contributed by atoms with E-state index < -0.39 is 21.8 Å². The Kier molecular flexibility index (Phi) is 4.99. The monoisotopic (exact) mass is 392 g/mol. The number of rotatable bonds is 6. The smallest absolute Gasteiger partial charge is 0.419 e. The fraction of sp³-hybridized carbons (Fsp3) is 0.278. The second-order valence-electron chi connectivity index (χ2n) is 6.01. The molecule has 1 heterocycles. The van der Waals surface area contributed by atoms with E-state index >= 15 is 0 Å². The standard InChI is InChI=1S/C18H20N2O6S/c1-11(12-5-8-15(24-3)17(9-12)25-4)19-27(22,23)13-6-7-14-16(10-13)26-18(21)20(14)2/h5-11,19H,1-4H3/t11-/m1/s1. The van der Waals surface area contributed by atoms with Gasteiger partial charge in [-0.15, -0.1) is 0 Å². The Hall–Kier alpha value is -2.78. The predicted octanol–water partition coefficient (Wildman–Crippen LogP) is 2.19. The van der Waals surface area contributed by atoms with Gasteiger partial charge in [-0.3, -0.25) is 4.57 Å². The minimum Gasteiger partial charge on any atom is -0.493 e. The first kappa shape index (κ1) is 19.0. The van der Waals surface area contributed by atoms with Gasteiger partial charge in [-0.1, -0.05) is 6.07 Å². The van der Waals surface area contributed by atoms with Crippen molar-refractivity contribution < 1.29 is 22.3 Å². The molecule has 0 bridgehead atoms.